The summed E-state index contributed by atoms with van der Waals surface area (Å²) in [6, 6.07) is 19.9. The van der Waals surface area contributed by atoms with E-state index < -0.39 is 0 Å². The molecule has 1 atom stereocenters. The first-order chi connectivity index (χ1) is 13.0. The fourth-order valence-electron chi connectivity index (χ4n) is 2.72. The molecule has 0 unspecified atom stereocenters. The lowest BCUT2D eigenvalue weighted by Crippen LogP contribution is -2.10. The van der Waals surface area contributed by atoms with Gasteiger partial charge in [0.15, 0.2) is 0 Å². The number of rotatable bonds is 3. The van der Waals surface area contributed by atoms with Crippen molar-refractivity contribution in [3.05, 3.63) is 94.8 Å². The van der Waals surface area contributed by atoms with Crippen LogP contribution in [0.3, 0.4) is 0 Å². The van der Waals surface area contributed by atoms with E-state index in [1.165, 1.54) is 5.57 Å². The van der Waals surface area contributed by atoms with Gasteiger partial charge < -0.3 is 5.73 Å². The highest BCUT2D eigenvalue weighted by Gasteiger charge is 1.99. The quantitative estimate of drug-likeness (QED) is 0.612. The molecule has 1 heterocycles. The number of allylic oxidation sites excluding steroid dienone is 1. The van der Waals surface area contributed by atoms with E-state index in [-0.39, 0.29) is 6.04 Å². The molecular weight excluding hydrogens is 352 g/mol. The van der Waals surface area contributed by atoms with Crippen molar-refractivity contribution in [3.8, 4) is 23.0 Å². The molecule has 0 bridgehead atoms. The molecule has 0 saturated carbocycles. The van der Waals surface area contributed by atoms with Gasteiger partial charge in [0.25, 0.3) is 0 Å². The molecule has 134 valence electrons. The summed E-state index contributed by atoms with van der Waals surface area (Å²) in [5, 5.41) is 0.725. The van der Waals surface area contributed by atoms with E-state index in [1.807, 2.05) is 67.7 Å². The molecule has 2 N–H and O–H groups in total. The maximum absolute atomic E-state index is 5.93. The van der Waals surface area contributed by atoms with Crippen molar-refractivity contribution in [1.29, 1.82) is 0 Å². The van der Waals surface area contributed by atoms with Gasteiger partial charge in [-0.3, -0.25) is 0 Å². The summed E-state index contributed by atoms with van der Waals surface area (Å²) in [5.74, 6) is 6.27. The van der Waals surface area contributed by atoms with Crippen LogP contribution in [0.15, 0.2) is 72.9 Å². The highest BCUT2D eigenvalue weighted by atomic mass is 35.5. The molecular formula is C24H21ClN2. The summed E-state index contributed by atoms with van der Waals surface area (Å²) in [6.07, 6.45) is 3.88. The van der Waals surface area contributed by atoms with Gasteiger partial charge in [0.05, 0.1) is 0 Å². The minimum atomic E-state index is 0.0476. The van der Waals surface area contributed by atoms with E-state index in [1.54, 1.807) is 0 Å². The largest absolute Gasteiger partial charge is 0.325 e. The van der Waals surface area contributed by atoms with Crippen molar-refractivity contribution in [3.63, 3.8) is 0 Å². The van der Waals surface area contributed by atoms with Crippen LogP contribution >= 0.6 is 11.6 Å². The third kappa shape index (κ3) is 5.31. The van der Waals surface area contributed by atoms with Crippen molar-refractivity contribution in [2.45, 2.75) is 19.9 Å². The second kappa shape index (κ2) is 8.68. The van der Waals surface area contributed by atoms with E-state index in [9.17, 15) is 0 Å². The van der Waals surface area contributed by atoms with Crippen LogP contribution in [0.2, 0.25) is 5.02 Å². The van der Waals surface area contributed by atoms with Gasteiger partial charge in [-0.15, -0.1) is 0 Å². The van der Waals surface area contributed by atoms with Gasteiger partial charge in [-0.25, -0.2) is 4.98 Å². The summed E-state index contributed by atoms with van der Waals surface area (Å²) in [7, 11) is 0. The predicted octanol–water partition coefficient (Wildman–Crippen LogP) is 5.55. The molecule has 0 saturated heterocycles. The fraction of sp³-hybridized carbons (Fsp3) is 0.125. The maximum Gasteiger partial charge on any atom is 0.113 e. The third-order valence-electron chi connectivity index (χ3n) is 4.13. The van der Waals surface area contributed by atoms with E-state index in [2.05, 4.69) is 35.9 Å². The standard InChI is InChI=1S/C24H21ClN2/c1-17(15-18(2)26)20-6-3-19(4-7-20)5-13-24-14-10-22(16-27-24)21-8-11-23(25)12-9-21/h3-4,6-12,14-16,18H,26H2,1-2H3/t18-/m0/s1. The molecule has 0 amide bonds. The Labute approximate surface area is 165 Å². The summed E-state index contributed by atoms with van der Waals surface area (Å²) in [6.45, 7) is 4.03. The highest BCUT2D eigenvalue weighted by molar-refractivity contribution is 6.30. The van der Waals surface area contributed by atoms with Gasteiger partial charge in [0.1, 0.15) is 5.69 Å². The molecule has 3 heteroatoms. The van der Waals surface area contributed by atoms with Gasteiger partial charge >= 0.3 is 0 Å². The van der Waals surface area contributed by atoms with E-state index in [0.717, 1.165) is 33.0 Å². The number of nitrogens with zero attached hydrogens (tertiary/aromatic N) is 1. The number of aromatic nitrogens is 1. The van der Waals surface area contributed by atoms with Gasteiger partial charge in [0.2, 0.25) is 0 Å². The first-order valence-electron chi connectivity index (χ1n) is 8.80. The normalized spacial score (nSPS) is 12.2. The lowest BCUT2D eigenvalue weighted by atomic mass is 10.0. The Bertz CT molecular complexity index is 987. The van der Waals surface area contributed by atoms with Crippen LogP contribution in [0.4, 0.5) is 0 Å². The van der Waals surface area contributed by atoms with Crippen LogP contribution in [0.25, 0.3) is 16.7 Å². The number of hydrogen-bond acceptors (Lipinski definition) is 2. The summed E-state index contributed by atoms with van der Waals surface area (Å²) >= 11 is 5.93. The highest BCUT2D eigenvalue weighted by Crippen LogP contribution is 2.20. The lowest BCUT2D eigenvalue weighted by molar-refractivity contribution is 0.927. The Balaban J connectivity index is 1.73. The molecule has 0 aliphatic carbocycles. The van der Waals surface area contributed by atoms with Gasteiger partial charge in [-0.2, -0.15) is 0 Å². The fourth-order valence-corrected chi connectivity index (χ4v) is 2.85. The van der Waals surface area contributed by atoms with Crippen LogP contribution in [-0.2, 0) is 0 Å². The topological polar surface area (TPSA) is 38.9 Å². The lowest BCUT2D eigenvalue weighted by Gasteiger charge is -2.04. The zero-order valence-electron chi connectivity index (χ0n) is 15.4. The molecule has 0 spiro atoms. The Kier molecular flexibility index (Phi) is 6.08. The number of nitrogens with two attached hydrogens (primary N) is 1. The van der Waals surface area contributed by atoms with E-state index in [4.69, 9.17) is 17.3 Å². The Morgan fingerprint density at radius 3 is 2.22 bits per heavy atom. The molecule has 0 aliphatic rings. The van der Waals surface area contributed by atoms with E-state index in [0.29, 0.717) is 0 Å². The number of pyridine rings is 1. The minimum Gasteiger partial charge on any atom is -0.325 e. The second-order valence-corrected chi connectivity index (χ2v) is 6.91. The Morgan fingerprint density at radius 1 is 0.963 bits per heavy atom. The predicted molar refractivity (Wildman–Crippen MR) is 114 cm³/mol. The summed E-state index contributed by atoms with van der Waals surface area (Å²) in [4.78, 5) is 4.44. The Morgan fingerprint density at radius 2 is 1.63 bits per heavy atom. The smallest absolute Gasteiger partial charge is 0.113 e. The Hall–Kier alpha value is -2.86. The number of benzene rings is 2. The molecule has 27 heavy (non-hydrogen) atoms. The van der Waals surface area contributed by atoms with Crippen molar-refractivity contribution in [1.82, 2.24) is 4.98 Å². The van der Waals surface area contributed by atoms with Crippen LogP contribution in [-0.4, -0.2) is 11.0 Å². The molecule has 0 radical (unpaired) electrons. The average molecular weight is 373 g/mol. The van der Waals surface area contributed by atoms with Crippen molar-refractivity contribution in [2.24, 2.45) is 5.73 Å². The van der Waals surface area contributed by atoms with Crippen LogP contribution < -0.4 is 5.73 Å². The van der Waals surface area contributed by atoms with E-state index >= 15 is 0 Å². The molecule has 2 aromatic carbocycles. The van der Waals surface area contributed by atoms with Crippen LogP contribution in [0.1, 0.15) is 30.7 Å². The van der Waals surface area contributed by atoms with Crippen molar-refractivity contribution < 1.29 is 0 Å². The van der Waals surface area contributed by atoms with Crippen LogP contribution in [0, 0.1) is 11.8 Å². The van der Waals surface area contributed by atoms with Crippen molar-refractivity contribution >= 4 is 17.2 Å². The van der Waals surface area contributed by atoms with Gasteiger partial charge in [-0.05, 0) is 66.8 Å². The number of halogens is 1. The summed E-state index contributed by atoms with van der Waals surface area (Å²) < 4.78 is 0. The molecule has 0 aliphatic heterocycles. The second-order valence-electron chi connectivity index (χ2n) is 6.48. The SMILES string of the molecule is CC(=C[C@H](C)N)c1ccc(C#Cc2ccc(-c3ccc(Cl)cc3)cn2)cc1. The van der Waals surface area contributed by atoms with Gasteiger partial charge in [-0.1, -0.05) is 53.9 Å². The summed E-state index contributed by atoms with van der Waals surface area (Å²) in [5.41, 5.74) is 12.0. The molecule has 0 fully saturated rings. The van der Waals surface area contributed by atoms with Crippen LogP contribution in [0.5, 0.6) is 0 Å². The third-order valence-corrected chi connectivity index (χ3v) is 4.38. The first kappa shape index (κ1) is 18.9. The average Bonchev–Trinajstić information content (AvgIpc) is 2.67. The molecule has 2 nitrogen and oxygen atoms in total. The zero-order valence-corrected chi connectivity index (χ0v) is 16.2. The molecule has 1 aromatic heterocycles. The number of hydrogen-bond donors (Lipinski definition) is 1. The minimum absolute atomic E-state index is 0.0476. The molecule has 3 aromatic rings. The monoisotopic (exact) mass is 372 g/mol. The zero-order chi connectivity index (χ0) is 19.2. The van der Waals surface area contributed by atoms with Crippen molar-refractivity contribution in [2.75, 3.05) is 0 Å². The molecule has 3 rings (SSSR count). The first-order valence-corrected chi connectivity index (χ1v) is 9.17. The maximum atomic E-state index is 5.93. The van der Waals surface area contributed by atoms with Gasteiger partial charge in [0, 0.05) is 28.4 Å².